The van der Waals surface area contributed by atoms with Crippen LogP contribution in [0.2, 0.25) is 0 Å². The number of benzene rings is 4. The molecule has 1 aliphatic heterocycles. The van der Waals surface area contributed by atoms with Gasteiger partial charge in [0, 0.05) is 26.1 Å². The van der Waals surface area contributed by atoms with Gasteiger partial charge in [-0.15, -0.1) is 0 Å². The number of piperidine rings is 1. The molecule has 4 aromatic rings. The largest absolute Gasteiger partial charge is 0.530 e. The van der Waals surface area contributed by atoms with Gasteiger partial charge in [0.2, 0.25) is 0 Å². The fourth-order valence-electron chi connectivity index (χ4n) is 5.26. The molecule has 1 fully saturated rings. The first-order valence-corrected chi connectivity index (χ1v) is 14.0. The van der Waals surface area contributed by atoms with Crippen molar-refractivity contribution in [3.8, 4) is 5.75 Å². The molecule has 42 heavy (non-hydrogen) atoms. The Bertz CT molecular complexity index is 1470. The number of carboxylic acid groups (broad SMARTS) is 1. The number of esters is 1. The molecule has 1 heterocycles. The fourth-order valence-corrected chi connectivity index (χ4v) is 5.26. The lowest BCUT2D eigenvalue weighted by molar-refractivity contribution is -0.268. The summed E-state index contributed by atoms with van der Waals surface area (Å²) < 4.78 is 23.1. The molecule has 0 saturated carbocycles. The molecule has 5 rings (SSSR count). The molecule has 1 saturated heterocycles. The number of fused-ring (bicyclic) bond motifs is 1. The van der Waals surface area contributed by atoms with E-state index in [1.807, 2.05) is 48.5 Å². The Balaban J connectivity index is 1.22. The molecule has 0 N–H and O–H groups in total. The van der Waals surface area contributed by atoms with Crippen molar-refractivity contribution >= 4 is 22.8 Å². The summed E-state index contributed by atoms with van der Waals surface area (Å²) >= 11 is 0. The van der Waals surface area contributed by atoms with E-state index in [1.165, 1.54) is 4.90 Å². The molecular weight excluding hydrogens is 534 g/mol. The maximum atomic E-state index is 12.5. The van der Waals surface area contributed by atoms with Crippen LogP contribution in [0.4, 0.5) is 4.79 Å². The average Bonchev–Trinajstić information content (AvgIpc) is 3.03. The van der Waals surface area contributed by atoms with Crippen LogP contribution in [0.5, 0.6) is 5.75 Å². The maximum Gasteiger partial charge on any atom is 0.338 e. The van der Waals surface area contributed by atoms with Crippen LogP contribution < -0.4 is 9.84 Å². The van der Waals surface area contributed by atoms with E-state index in [0.29, 0.717) is 30.9 Å². The molecule has 1 amide bonds. The number of rotatable bonds is 11. The Kier molecular flexibility index (Phi) is 9.69. The van der Waals surface area contributed by atoms with Crippen molar-refractivity contribution in [3.05, 3.63) is 114 Å². The molecule has 4 aromatic carbocycles. The summed E-state index contributed by atoms with van der Waals surface area (Å²) in [5, 5.41) is 13.9. The smallest absolute Gasteiger partial charge is 0.338 e. The molecule has 1 aliphatic rings. The first kappa shape index (κ1) is 29.1. The third kappa shape index (κ3) is 7.46. The van der Waals surface area contributed by atoms with E-state index in [2.05, 4.69) is 24.3 Å². The number of carbonyl (C=O) groups excluding carboxylic acids is 2. The van der Waals surface area contributed by atoms with Crippen molar-refractivity contribution in [1.82, 2.24) is 4.90 Å². The number of amides is 1. The van der Waals surface area contributed by atoms with Gasteiger partial charge in [-0.1, -0.05) is 66.7 Å². The zero-order valence-corrected chi connectivity index (χ0v) is 23.5. The zero-order valence-electron chi connectivity index (χ0n) is 23.5. The van der Waals surface area contributed by atoms with E-state index in [4.69, 9.17) is 18.9 Å². The van der Waals surface area contributed by atoms with Crippen molar-refractivity contribution in [1.29, 1.82) is 0 Å². The normalized spacial score (nSPS) is 17.5. The minimum atomic E-state index is -1.19. The van der Waals surface area contributed by atoms with E-state index in [9.17, 15) is 14.7 Å². The van der Waals surface area contributed by atoms with Gasteiger partial charge in [0.15, 0.2) is 6.10 Å². The van der Waals surface area contributed by atoms with Crippen LogP contribution in [0.1, 0.15) is 33.8 Å². The number of methoxy groups -OCH3 is 1. The Morgan fingerprint density at radius 1 is 0.905 bits per heavy atom. The highest BCUT2D eigenvalue weighted by Crippen LogP contribution is 2.32. The van der Waals surface area contributed by atoms with Crippen LogP contribution in [0, 0.1) is 0 Å². The van der Waals surface area contributed by atoms with Gasteiger partial charge in [0.1, 0.15) is 18.4 Å². The van der Waals surface area contributed by atoms with E-state index in [1.54, 1.807) is 31.4 Å². The number of hydrogen-bond donors (Lipinski definition) is 0. The molecule has 0 bridgehead atoms. The second kappa shape index (κ2) is 14.0. The zero-order chi connectivity index (χ0) is 29.3. The highest BCUT2D eigenvalue weighted by Gasteiger charge is 2.31. The van der Waals surface area contributed by atoms with Crippen molar-refractivity contribution in [3.63, 3.8) is 0 Å². The highest BCUT2D eigenvalue weighted by atomic mass is 16.6. The van der Waals surface area contributed by atoms with E-state index in [0.717, 1.165) is 21.9 Å². The minimum absolute atomic E-state index is 0.00294. The Labute approximate surface area is 245 Å². The van der Waals surface area contributed by atoms with Crippen LogP contribution in [-0.4, -0.2) is 62.6 Å². The fraction of sp³-hybridized carbons (Fsp3) is 0.294. The van der Waals surface area contributed by atoms with E-state index < -0.39 is 18.2 Å². The third-order valence-corrected chi connectivity index (χ3v) is 7.48. The van der Waals surface area contributed by atoms with Crippen molar-refractivity contribution in [2.24, 2.45) is 0 Å². The Morgan fingerprint density at radius 3 is 2.38 bits per heavy atom. The lowest BCUT2D eigenvalue weighted by atomic mass is 9.87. The van der Waals surface area contributed by atoms with Gasteiger partial charge >= 0.3 is 5.97 Å². The summed E-state index contributed by atoms with van der Waals surface area (Å²) in [6.45, 7) is 1.32. The molecule has 0 spiro atoms. The topological polar surface area (TPSA) is 97.4 Å². The maximum absolute atomic E-state index is 12.5. The number of carbonyl (C=O) groups is 2. The predicted molar refractivity (Wildman–Crippen MR) is 156 cm³/mol. The van der Waals surface area contributed by atoms with Gasteiger partial charge in [-0.3, -0.25) is 0 Å². The van der Waals surface area contributed by atoms with Crippen molar-refractivity contribution in [2.75, 3.05) is 33.4 Å². The van der Waals surface area contributed by atoms with Gasteiger partial charge in [0.05, 0.1) is 24.9 Å². The molecule has 0 aliphatic carbocycles. The molecule has 0 aromatic heterocycles. The lowest BCUT2D eigenvalue weighted by Gasteiger charge is -2.40. The van der Waals surface area contributed by atoms with Crippen LogP contribution in [0.25, 0.3) is 10.8 Å². The minimum Gasteiger partial charge on any atom is -0.530 e. The summed E-state index contributed by atoms with van der Waals surface area (Å²) in [5.74, 6) is 0.189. The first-order valence-electron chi connectivity index (χ1n) is 14.0. The van der Waals surface area contributed by atoms with Gasteiger partial charge in [-0.2, -0.15) is 0 Å². The van der Waals surface area contributed by atoms with Crippen LogP contribution in [-0.2, 0) is 20.8 Å². The van der Waals surface area contributed by atoms with Gasteiger partial charge < -0.3 is 33.7 Å². The Morgan fingerprint density at radius 2 is 1.64 bits per heavy atom. The number of likely N-dealkylation sites (tertiary alicyclic amines) is 1. The molecule has 0 radical (unpaired) electrons. The van der Waals surface area contributed by atoms with E-state index >= 15 is 0 Å². The number of hydrogen-bond acceptors (Lipinski definition) is 7. The molecule has 218 valence electrons. The summed E-state index contributed by atoms with van der Waals surface area (Å²) in [6, 6.07) is 30.8. The van der Waals surface area contributed by atoms with Crippen LogP contribution in [0.3, 0.4) is 0 Å². The summed E-state index contributed by atoms with van der Waals surface area (Å²) in [5.41, 5.74) is 2.53. The van der Waals surface area contributed by atoms with Crippen molar-refractivity contribution < 1.29 is 33.6 Å². The van der Waals surface area contributed by atoms with Crippen molar-refractivity contribution in [2.45, 2.75) is 31.2 Å². The average molecular weight is 569 g/mol. The lowest BCUT2D eigenvalue weighted by Crippen LogP contribution is -2.51. The number of nitrogens with zero attached hydrogens (tertiary/aromatic N) is 1. The van der Waals surface area contributed by atoms with Gasteiger partial charge in [-0.05, 0) is 58.7 Å². The van der Waals surface area contributed by atoms with E-state index in [-0.39, 0.29) is 31.8 Å². The SMILES string of the molecule is COCC(COc1ccc(C2CCN(C(=O)[O-])CC2OCc2ccc3ccccc3c2)cc1)OC(=O)c1ccccc1. The Hall–Kier alpha value is -4.40. The predicted octanol–water partition coefficient (Wildman–Crippen LogP) is 4.81. The summed E-state index contributed by atoms with van der Waals surface area (Å²) in [7, 11) is 1.54. The molecular formula is C34H34NO7-. The third-order valence-electron chi connectivity index (χ3n) is 7.48. The highest BCUT2D eigenvalue weighted by molar-refractivity contribution is 5.89. The number of ether oxygens (including phenoxy) is 4. The van der Waals surface area contributed by atoms with Crippen LogP contribution >= 0.6 is 0 Å². The van der Waals surface area contributed by atoms with Gasteiger partial charge in [0.25, 0.3) is 0 Å². The molecule has 8 heteroatoms. The monoisotopic (exact) mass is 568 g/mol. The summed E-state index contributed by atoms with van der Waals surface area (Å²) in [6.07, 6.45) is -1.49. The molecule has 3 unspecified atom stereocenters. The first-order chi connectivity index (χ1) is 20.5. The quantitative estimate of drug-likeness (QED) is 0.240. The molecule has 8 nitrogen and oxygen atoms in total. The molecule has 3 atom stereocenters. The van der Waals surface area contributed by atoms with Crippen LogP contribution in [0.15, 0.2) is 97.1 Å². The second-order valence-corrected chi connectivity index (χ2v) is 10.4. The standard InChI is InChI=1S/C34H35NO7/c1-39-22-30(42-33(36)27-8-3-2-4-9-27)23-40-29-15-13-26(14-16-29)31-17-18-35(34(37)38)20-32(31)41-21-24-11-12-25-7-5-6-10-28(25)19-24/h2-16,19,30-32H,17-18,20-23H2,1H3,(H,37,38)/p-1. The second-order valence-electron chi connectivity index (χ2n) is 10.4. The summed E-state index contributed by atoms with van der Waals surface area (Å²) in [4.78, 5) is 25.4. The van der Waals surface area contributed by atoms with Gasteiger partial charge in [-0.25, -0.2) is 4.79 Å².